The molecule has 2 rings (SSSR count). The summed E-state index contributed by atoms with van der Waals surface area (Å²) in [5, 5.41) is 1.31. The van der Waals surface area contributed by atoms with E-state index in [9.17, 15) is 4.79 Å². The van der Waals surface area contributed by atoms with Crippen LogP contribution in [0, 0.1) is 5.92 Å². The lowest BCUT2D eigenvalue weighted by Gasteiger charge is -2.35. The van der Waals surface area contributed by atoms with Gasteiger partial charge in [0.05, 0.1) is 18.2 Å². The maximum Gasteiger partial charge on any atom is 0.257 e. The number of aromatic nitrogens is 1. The van der Waals surface area contributed by atoms with Gasteiger partial charge in [-0.3, -0.25) is 14.6 Å². The highest BCUT2D eigenvalue weighted by atomic mass is 32.2. The number of hydroxylamine groups is 2. The summed E-state index contributed by atoms with van der Waals surface area (Å²) in [6, 6.07) is 3.99. The largest absolute Gasteiger partial charge is 0.381 e. The third-order valence-electron chi connectivity index (χ3n) is 4.61. The van der Waals surface area contributed by atoms with Gasteiger partial charge in [0.2, 0.25) is 0 Å². The number of hydrogen-bond donors (Lipinski definition) is 0. The number of hydrogen-bond acceptors (Lipinski definition) is 5. The van der Waals surface area contributed by atoms with E-state index >= 15 is 0 Å². The summed E-state index contributed by atoms with van der Waals surface area (Å²) in [5.41, 5.74) is 0.111. The second-order valence-electron chi connectivity index (χ2n) is 6.16. The van der Waals surface area contributed by atoms with Crippen LogP contribution < -0.4 is 0 Å². The molecule has 0 bridgehead atoms. The van der Waals surface area contributed by atoms with Crippen LogP contribution in [0.3, 0.4) is 0 Å². The Bertz CT molecular complexity index is 517. The molecule has 1 aliphatic rings. The van der Waals surface area contributed by atoms with E-state index in [0.717, 1.165) is 43.1 Å². The third kappa shape index (κ3) is 4.25. The van der Waals surface area contributed by atoms with Gasteiger partial charge in [-0.05, 0) is 50.5 Å². The van der Waals surface area contributed by atoms with Crippen molar-refractivity contribution in [1.29, 1.82) is 0 Å². The molecule has 0 aliphatic carbocycles. The molecule has 1 atom stereocenters. The molecule has 1 aromatic heterocycles. The molecule has 1 aromatic rings. The highest BCUT2D eigenvalue weighted by Crippen LogP contribution is 2.35. The monoisotopic (exact) mass is 338 g/mol. The molecule has 1 fully saturated rings. The second-order valence-corrected chi connectivity index (χ2v) is 7.04. The number of rotatable bonds is 6. The summed E-state index contributed by atoms with van der Waals surface area (Å²) in [6.45, 7) is 3.52. The Balaban J connectivity index is 2.30. The maximum atomic E-state index is 12.9. The zero-order valence-electron chi connectivity index (χ0n) is 14.4. The first-order valence-corrected chi connectivity index (χ1v) is 9.14. The van der Waals surface area contributed by atoms with E-state index in [2.05, 4.69) is 4.98 Å². The number of amides is 1. The first-order chi connectivity index (χ1) is 11.0. The van der Waals surface area contributed by atoms with Gasteiger partial charge in [0, 0.05) is 31.4 Å². The van der Waals surface area contributed by atoms with Crippen molar-refractivity contribution in [3.63, 3.8) is 0 Å². The van der Waals surface area contributed by atoms with E-state index in [1.54, 1.807) is 18.8 Å². The molecular weight excluding hydrogens is 312 g/mol. The number of nitrogens with zero attached hydrogens (tertiary/aromatic N) is 2. The van der Waals surface area contributed by atoms with Crippen molar-refractivity contribution in [2.45, 2.75) is 36.5 Å². The van der Waals surface area contributed by atoms with E-state index in [4.69, 9.17) is 9.57 Å². The molecule has 1 amide bonds. The number of carbonyl (C=O) groups excluding carboxylic acids is 1. The molecule has 23 heavy (non-hydrogen) atoms. The molecule has 0 saturated carbocycles. The van der Waals surface area contributed by atoms with Crippen LogP contribution in [-0.4, -0.2) is 49.6 Å². The van der Waals surface area contributed by atoms with Gasteiger partial charge >= 0.3 is 0 Å². The summed E-state index contributed by atoms with van der Waals surface area (Å²) in [4.78, 5) is 23.8. The first kappa shape index (κ1) is 18.2. The predicted octanol–water partition coefficient (Wildman–Crippen LogP) is 2.90. The highest BCUT2D eigenvalue weighted by molar-refractivity contribution is 7.98. The Hall–Kier alpha value is -1.11. The van der Waals surface area contributed by atoms with Gasteiger partial charge in [-0.2, -0.15) is 0 Å². The van der Waals surface area contributed by atoms with Crippen LogP contribution in [0.2, 0.25) is 0 Å². The van der Waals surface area contributed by atoms with Crippen LogP contribution in [0.4, 0.5) is 0 Å². The average molecular weight is 338 g/mol. The predicted molar refractivity (Wildman–Crippen MR) is 91.3 cm³/mol. The summed E-state index contributed by atoms with van der Waals surface area (Å²) >= 11 is 1.64. The van der Waals surface area contributed by atoms with Gasteiger partial charge in [0.1, 0.15) is 0 Å². The van der Waals surface area contributed by atoms with Crippen LogP contribution in [-0.2, 0) is 19.8 Å². The number of carbonyl (C=O) groups is 1. The normalized spacial score (nSPS) is 18.4. The quantitative estimate of drug-likeness (QED) is 0.590. The summed E-state index contributed by atoms with van der Waals surface area (Å²) in [5.74, 6) is 0.404. The first-order valence-electron chi connectivity index (χ1n) is 7.91. The van der Waals surface area contributed by atoms with E-state index in [0.29, 0.717) is 5.92 Å². The number of ether oxygens (including phenoxy) is 1. The molecule has 0 radical (unpaired) electrons. The lowest BCUT2D eigenvalue weighted by atomic mass is 9.75. The molecule has 128 valence electrons. The van der Waals surface area contributed by atoms with Crippen molar-refractivity contribution in [2.75, 3.05) is 33.6 Å². The van der Waals surface area contributed by atoms with Crippen molar-refractivity contribution in [3.05, 3.63) is 24.0 Å². The van der Waals surface area contributed by atoms with Crippen molar-refractivity contribution in [2.24, 2.45) is 5.92 Å². The smallest absolute Gasteiger partial charge is 0.257 e. The Morgan fingerprint density at radius 2 is 2.17 bits per heavy atom. The summed E-state index contributed by atoms with van der Waals surface area (Å²) in [6.07, 6.45) is 6.59. The van der Waals surface area contributed by atoms with E-state index < -0.39 is 5.41 Å². The van der Waals surface area contributed by atoms with Gasteiger partial charge in [0.25, 0.3) is 5.91 Å². The van der Waals surface area contributed by atoms with E-state index in [1.165, 1.54) is 12.2 Å². The van der Waals surface area contributed by atoms with Gasteiger partial charge in [-0.25, -0.2) is 5.06 Å². The SMILES string of the molecule is CON(C)C(=O)C(C)(CC1CCOCC1)c1ccc(SC)cn1. The van der Waals surface area contributed by atoms with Crippen molar-refractivity contribution in [1.82, 2.24) is 10.0 Å². The molecule has 1 aliphatic heterocycles. The minimum atomic E-state index is -0.691. The molecule has 0 N–H and O–H groups in total. The molecule has 5 nitrogen and oxygen atoms in total. The zero-order chi connectivity index (χ0) is 16.9. The summed E-state index contributed by atoms with van der Waals surface area (Å²) < 4.78 is 5.44. The highest BCUT2D eigenvalue weighted by Gasteiger charge is 2.41. The van der Waals surface area contributed by atoms with Crippen molar-refractivity contribution in [3.8, 4) is 0 Å². The molecule has 1 unspecified atom stereocenters. The van der Waals surface area contributed by atoms with E-state index in [1.807, 2.05) is 31.5 Å². The van der Waals surface area contributed by atoms with Crippen LogP contribution >= 0.6 is 11.8 Å². The molecule has 0 aromatic carbocycles. The van der Waals surface area contributed by atoms with Crippen molar-refractivity contribution >= 4 is 17.7 Å². The molecule has 2 heterocycles. The fraction of sp³-hybridized carbons (Fsp3) is 0.647. The minimum Gasteiger partial charge on any atom is -0.381 e. The topological polar surface area (TPSA) is 51.7 Å². The van der Waals surface area contributed by atoms with Crippen LogP contribution in [0.1, 0.15) is 31.9 Å². The molecule has 0 spiro atoms. The second kappa shape index (κ2) is 8.13. The number of likely N-dealkylation sites (N-methyl/N-ethyl adjacent to an activating group) is 1. The fourth-order valence-corrected chi connectivity index (χ4v) is 3.45. The number of pyridine rings is 1. The van der Waals surface area contributed by atoms with Gasteiger partial charge in [-0.1, -0.05) is 0 Å². The molecule has 1 saturated heterocycles. The average Bonchev–Trinajstić information content (AvgIpc) is 2.61. The van der Waals surface area contributed by atoms with Gasteiger partial charge in [-0.15, -0.1) is 11.8 Å². The third-order valence-corrected chi connectivity index (χ3v) is 5.32. The fourth-order valence-electron chi connectivity index (χ4n) is 3.09. The molecule has 6 heteroatoms. The Labute approximate surface area is 142 Å². The standard InChI is InChI=1S/C17H26N2O3S/c1-17(16(20)19(2)21-3,11-13-7-9-22-10-8-13)15-6-5-14(23-4)12-18-15/h5-6,12-13H,7-11H2,1-4H3. The Morgan fingerprint density at radius 1 is 1.48 bits per heavy atom. The van der Waals surface area contributed by atoms with Crippen molar-refractivity contribution < 1.29 is 14.4 Å². The lowest BCUT2D eigenvalue weighted by Crippen LogP contribution is -2.45. The Kier molecular flexibility index (Phi) is 6.44. The van der Waals surface area contributed by atoms with Gasteiger partial charge in [0.15, 0.2) is 0 Å². The minimum absolute atomic E-state index is 0.0594. The van der Waals surface area contributed by atoms with Crippen LogP contribution in [0.25, 0.3) is 0 Å². The van der Waals surface area contributed by atoms with E-state index in [-0.39, 0.29) is 5.91 Å². The van der Waals surface area contributed by atoms with Crippen LogP contribution in [0.15, 0.2) is 23.2 Å². The number of thioether (sulfide) groups is 1. The maximum absolute atomic E-state index is 12.9. The molecular formula is C17H26N2O3S. The Morgan fingerprint density at radius 3 is 2.70 bits per heavy atom. The van der Waals surface area contributed by atoms with Crippen LogP contribution in [0.5, 0.6) is 0 Å². The summed E-state index contributed by atoms with van der Waals surface area (Å²) in [7, 11) is 3.16. The zero-order valence-corrected chi connectivity index (χ0v) is 15.2. The lowest BCUT2D eigenvalue weighted by molar-refractivity contribution is -0.176. The van der Waals surface area contributed by atoms with Gasteiger partial charge < -0.3 is 4.74 Å².